The van der Waals surface area contributed by atoms with Crippen LogP contribution in [-0.4, -0.2) is 4.98 Å². The van der Waals surface area contributed by atoms with E-state index in [2.05, 4.69) is 42.9 Å². The molecule has 2 aromatic rings. The van der Waals surface area contributed by atoms with Gasteiger partial charge in [-0.05, 0) is 40.2 Å². The molecule has 90 valence electrons. The van der Waals surface area contributed by atoms with Gasteiger partial charge in [-0.3, -0.25) is 4.98 Å². The SMILES string of the molecule is N#Cc1cc(Br)ccc1OCc1cncc(Br)c1. The molecule has 0 aliphatic heterocycles. The Labute approximate surface area is 122 Å². The summed E-state index contributed by atoms with van der Waals surface area (Å²) in [6.07, 6.45) is 3.44. The van der Waals surface area contributed by atoms with Crippen molar-refractivity contribution in [1.29, 1.82) is 5.26 Å². The number of hydrogen-bond acceptors (Lipinski definition) is 3. The van der Waals surface area contributed by atoms with Gasteiger partial charge in [0.25, 0.3) is 0 Å². The van der Waals surface area contributed by atoms with Crippen LogP contribution in [0.5, 0.6) is 5.75 Å². The van der Waals surface area contributed by atoms with Gasteiger partial charge in [0, 0.05) is 26.9 Å². The van der Waals surface area contributed by atoms with E-state index < -0.39 is 0 Å². The molecule has 0 fully saturated rings. The molecule has 2 rings (SSSR count). The maximum atomic E-state index is 9.01. The lowest BCUT2D eigenvalue weighted by Gasteiger charge is -2.08. The Morgan fingerprint density at radius 1 is 1.17 bits per heavy atom. The molecule has 1 aromatic carbocycles. The Balaban J connectivity index is 2.14. The summed E-state index contributed by atoms with van der Waals surface area (Å²) >= 11 is 6.67. The van der Waals surface area contributed by atoms with Gasteiger partial charge in [-0.15, -0.1) is 0 Å². The third kappa shape index (κ3) is 3.31. The third-order valence-electron chi connectivity index (χ3n) is 2.22. The van der Waals surface area contributed by atoms with E-state index in [1.165, 1.54) is 0 Å². The van der Waals surface area contributed by atoms with Crippen molar-refractivity contribution in [2.75, 3.05) is 0 Å². The molecule has 0 saturated heterocycles. The average Bonchev–Trinajstić information content (AvgIpc) is 2.37. The number of halogens is 2. The zero-order chi connectivity index (χ0) is 13.0. The Kier molecular flexibility index (Phi) is 4.34. The molecule has 0 unspecified atom stereocenters. The van der Waals surface area contributed by atoms with Crippen molar-refractivity contribution in [2.45, 2.75) is 6.61 Å². The minimum atomic E-state index is 0.378. The van der Waals surface area contributed by atoms with Gasteiger partial charge in [-0.1, -0.05) is 15.9 Å². The number of hydrogen-bond donors (Lipinski definition) is 0. The van der Waals surface area contributed by atoms with Gasteiger partial charge in [-0.2, -0.15) is 5.26 Å². The molecular formula is C13H8Br2N2O. The number of rotatable bonds is 3. The highest BCUT2D eigenvalue weighted by atomic mass is 79.9. The van der Waals surface area contributed by atoms with Crippen LogP contribution in [0, 0.1) is 11.3 Å². The van der Waals surface area contributed by atoms with Gasteiger partial charge in [0.05, 0.1) is 5.56 Å². The maximum Gasteiger partial charge on any atom is 0.137 e. The molecular weight excluding hydrogens is 360 g/mol. The second-order valence-electron chi connectivity index (χ2n) is 3.55. The van der Waals surface area contributed by atoms with Gasteiger partial charge in [0.15, 0.2) is 0 Å². The quantitative estimate of drug-likeness (QED) is 0.821. The molecule has 5 heteroatoms. The summed E-state index contributed by atoms with van der Waals surface area (Å²) in [6.45, 7) is 0.378. The maximum absolute atomic E-state index is 9.01. The van der Waals surface area contributed by atoms with Crippen molar-refractivity contribution >= 4 is 31.9 Å². The molecule has 0 spiro atoms. The van der Waals surface area contributed by atoms with E-state index >= 15 is 0 Å². The van der Waals surface area contributed by atoms with Gasteiger partial charge in [0.1, 0.15) is 18.4 Å². The second-order valence-corrected chi connectivity index (χ2v) is 5.38. The highest BCUT2D eigenvalue weighted by Crippen LogP contribution is 2.23. The van der Waals surface area contributed by atoms with Crippen molar-refractivity contribution < 1.29 is 4.74 Å². The molecule has 3 nitrogen and oxygen atoms in total. The Morgan fingerprint density at radius 3 is 2.72 bits per heavy atom. The van der Waals surface area contributed by atoms with Crippen molar-refractivity contribution in [3.8, 4) is 11.8 Å². The van der Waals surface area contributed by atoms with Crippen molar-refractivity contribution in [1.82, 2.24) is 4.98 Å². The molecule has 0 aliphatic rings. The first kappa shape index (κ1) is 13.1. The zero-order valence-electron chi connectivity index (χ0n) is 9.23. The van der Waals surface area contributed by atoms with E-state index in [0.717, 1.165) is 14.5 Å². The van der Waals surface area contributed by atoms with Crippen molar-refractivity contribution in [2.24, 2.45) is 0 Å². The standard InChI is InChI=1S/C13H8Br2N2O/c14-11-1-2-13(10(4-11)5-16)18-8-9-3-12(15)7-17-6-9/h1-4,6-7H,8H2. The summed E-state index contributed by atoms with van der Waals surface area (Å²) in [5.41, 5.74) is 1.45. The molecule has 0 bridgehead atoms. The summed E-state index contributed by atoms with van der Waals surface area (Å²) in [7, 11) is 0. The number of pyridine rings is 1. The van der Waals surface area contributed by atoms with E-state index in [-0.39, 0.29) is 0 Å². The highest BCUT2D eigenvalue weighted by molar-refractivity contribution is 9.10. The minimum Gasteiger partial charge on any atom is -0.487 e. The molecule has 0 N–H and O–H groups in total. The van der Waals surface area contributed by atoms with Crippen LogP contribution in [0.25, 0.3) is 0 Å². The Hall–Kier alpha value is -1.38. The van der Waals surface area contributed by atoms with Crippen LogP contribution >= 0.6 is 31.9 Å². The van der Waals surface area contributed by atoms with Gasteiger partial charge >= 0.3 is 0 Å². The predicted molar refractivity (Wildman–Crippen MR) is 75.1 cm³/mol. The van der Waals surface area contributed by atoms with Crippen LogP contribution in [0.1, 0.15) is 11.1 Å². The predicted octanol–water partition coefficient (Wildman–Crippen LogP) is 4.06. The van der Waals surface area contributed by atoms with Crippen LogP contribution in [0.15, 0.2) is 45.6 Å². The van der Waals surface area contributed by atoms with Gasteiger partial charge in [-0.25, -0.2) is 0 Å². The third-order valence-corrected chi connectivity index (χ3v) is 3.14. The Morgan fingerprint density at radius 2 is 2.00 bits per heavy atom. The lowest BCUT2D eigenvalue weighted by molar-refractivity contribution is 0.304. The first-order valence-corrected chi connectivity index (χ1v) is 6.69. The number of ether oxygens (including phenoxy) is 1. The monoisotopic (exact) mass is 366 g/mol. The molecule has 18 heavy (non-hydrogen) atoms. The molecule has 0 atom stereocenters. The summed E-state index contributed by atoms with van der Waals surface area (Å²) in [5.74, 6) is 0.570. The highest BCUT2D eigenvalue weighted by Gasteiger charge is 2.04. The van der Waals surface area contributed by atoms with E-state index in [1.807, 2.05) is 12.1 Å². The van der Waals surface area contributed by atoms with E-state index in [0.29, 0.717) is 17.9 Å². The van der Waals surface area contributed by atoms with E-state index in [1.54, 1.807) is 24.5 Å². The molecule has 0 saturated carbocycles. The Bertz CT molecular complexity index is 608. The number of aromatic nitrogens is 1. The topological polar surface area (TPSA) is 45.9 Å². The molecule has 1 heterocycles. The first-order valence-electron chi connectivity index (χ1n) is 5.11. The van der Waals surface area contributed by atoms with Crippen LogP contribution in [0.2, 0.25) is 0 Å². The largest absolute Gasteiger partial charge is 0.487 e. The summed E-state index contributed by atoms with van der Waals surface area (Å²) < 4.78 is 7.38. The number of benzene rings is 1. The van der Waals surface area contributed by atoms with Gasteiger partial charge < -0.3 is 4.74 Å². The van der Waals surface area contributed by atoms with Crippen LogP contribution in [0.3, 0.4) is 0 Å². The fourth-order valence-corrected chi connectivity index (χ4v) is 2.18. The first-order chi connectivity index (χ1) is 8.69. The summed E-state index contributed by atoms with van der Waals surface area (Å²) in [4.78, 5) is 4.05. The van der Waals surface area contributed by atoms with Crippen molar-refractivity contribution in [3.63, 3.8) is 0 Å². The summed E-state index contributed by atoms with van der Waals surface area (Å²) in [6, 6.07) is 9.38. The van der Waals surface area contributed by atoms with Gasteiger partial charge in [0.2, 0.25) is 0 Å². The average molecular weight is 368 g/mol. The second kappa shape index (κ2) is 5.98. The number of nitriles is 1. The van der Waals surface area contributed by atoms with Crippen LogP contribution in [-0.2, 0) is 6.61 Å². The molecule has 0 radical (unpaired) electrons. The van der Waals surface area contributed by atoms with E-state index in [4.69, 9.17) is 10.00 Å². The fourth-order valence-electron chi connectivity index (χ4n) is 1.41. The lowest BCUT2D eigenvalue weighted by Crippen LogP contribution is -1.98. The molecule has 1 aromatic heterocycles. The molecule has 0 amide bonds. The van der Waals surface area contributed by atoms with Crippen LogP contribution < -0.4 is 4.74 Å². The fraction of sp³-hybridized carbons (Fsp3) is 0.0769. The summed E-state index contributed by atoms with van der Waals surface area (Å²) in [5, 5.41) is 9.01. The normalized spacial score (nSPS) is 9.83. The molecule has 0 aliphatic carbocycles. The minimum absolute atomic E-state index is 0.378. The lowest BCUT2D eigenvalue weighted by atomic mass is 10.2. The zero-order valence-corrected chi connectivity index (χ0v) is 12.4. The van der Waals surface area contributed by atoms with Crippen LogP contribution in [0.4, 0.5) is 0 Å². The van der Waals surface area contributed by atoms with E-state index in [9.17, 15) is 0 Å². The smallest absolute Gasteiger partial charge is 0.137 e. The number of nitrogens with zero attached hydrogens (tertiary/aromatic N) is 2. The van der Waals surface area contributed by atoms with Crippen molar-refractivity contribution in [3.05, 3.63) is 56.7 Å².